The normalized spacial score (nSPS) is 14.8. The fourth-order valence-corrected chi connectivity index (χ4v) is 2.44. The number of hydrogen-bond acceptors (Lipinski definition) is 1. The Labute approximate surface area is 100 Å². The summed E-state index contributed by atoms with van der Waals surface area (Å²) in [6.45, 7) is 4.69. The molecular formula is C11H12F4OS. The highest BCUT2D eigenvalue weighted by molar-refractivity contribution is 7.92. The molecule has 1 unspecified atom stereocenters. The fraction of sp³-hybridized carbons (Fsp3) is 0.455. The lowest BCUT2D eigenvalue weighted by Gasteiger charge is -2.26. The molecule has 0 aliphatic rings. The van der Waals surface area contributed by atoms with Crippen molar-refractivity contribution in [2.75, 3.05) is 0 Å². The van der Waals surface area contributed by atoms with Crippen molar-refractivity contribution >= 4 is 11.2 Å². The number of rotatable bonds is 1. The maximum atomic E-state index is 12.8. The summed E-state index contributed by atoms with van der Waals surface area (Å²) in [4.78, 5) is -0.383. The van der Waals surface area contributed by atoms with Crippen LogP contribution in [-0.4, -0.2) is 9.30 Å². The van der Waals surface area contributed by atoms with E-state index in [2.05, 4.69) is 0 Å². The van der Waals surface area contributed by atoms with Crippen molar-refractivity contribution in [1.29, 1.82) is 0 Å². The molecule has 0 bridgehead atoms. The molecule has 0 heterocycles. The van der Waals surface area contributed by atoms with Gasteiger partial charge in [0.2, 0.25) is 0 Å². The molecule has 0 spiro atoms. The molecule has 0 aliphatic heterocycles. The number of alkyl halides is 3. The molecule has 0 amide bonds. The van der Waals surface area contributed by atoms with Gasteiger partial charge in [-0.3, -0.25) is 0 Å². The van der Waals surface area contributed by atoms with E-state index in [0.717, 1.165) is 12.1 Å². The summed E-state index contributed by atoms with van der Waals surface area (Å²) in [6.07, 6.45) is -4.71. The van der Waals surface area contributed by atoms with Gasteiger partial charge in [0.25, 0.3) is 0 Å². The second-order valence-corrected chi connectivity index (χ2v) is 6.72. The first-order valence-electron chi connectivity index (χ1n) is 4.82. The van der Waals surface area contributed by atoms with Crippen molar-refractivity contribution in [3.8, 4) is 0 Å². The summed E-state index contributed by atoms with van der Waals surface area (Å²) in [7, 11) is 0. The maximum Gasteiger partial charge on any atom is 0.421 e. The van der Waals surface area contributed by atoms with Crippen LogP contribution in [0, 0.1) is 5.82 Å². The van der Waals surface area contributed by atoms with Crippen LogP contribution in [0.2, 0.25) is 0 Å². The maximum absolute atomic E-state index is 12.8. The van der Waals surface area contributed by atoms with Crippen molar-refractivity contribution < 1.29 is 22.1 Å². The molecule has 0 radical (unpaired) electrons. The second-order valence-electron chi connectivity index (χ2n) is 4.52. The zero-order chi connectivity index (χ0) is 13.4. The van der Waals surface area contributed by atoms with Gasteiger partial charge < -0.3 is 4.55 Å². The Morgan fingerprint density at radius 3 is 2.06 bits per heavy atom. The molecule has 1 aromatic rings. The third-order valence-corrected chi connectivity index (χ3v) is 3.87. The third kappa shape index (κ3) is 3.35. The van der Waals surface area contributed by atoms with Crippen LogP contribution in [0.4, 0.5) is 17.6 Å². The third-order valence-electron chi connectivity index (χ3n) is 2.00. The van der Waals surface area contributed by atoms with E-state index in [1.165, 1.54) is 0 Å². The van der Waals surface area contributed by atoms with E-state index in [0.29, 0.717) is 6.07 Å². The quantitative estimate of drug-likeness (QED) is 0.562. The molecule has 17 heavy (non-hydrogen) atoms. The van der Waals surface area contributed by atoms with Crippen LogP contribution in [0.3, 0.4) is 0 Å². The van der Waals surface area contributed by atoms with Gasteiger partial charge in [-0.2, -0.15) is 13.2 Å². The summed E-state index contributed by atoms with van der Waals surface area (Å²) in [5.74, 6) is -0.994. The van der Waals surface area contributed by atoms with E-state index < -0.39 is 33.5 Å². The first-order chi connectivity index (χ1) is 7.53. The van der Waals surface area contributed by atoms with Gasteiger partial charge >= 0.3 is 6.18 Å². The fourth-order valence-electron chi connectivity index (χ4n) is 1.22. The van der Waals surface area contributed by atoms with E-state index in [9.17, 15) is 22.1 Å². The summed E-state index contributed by atoms with van der Waals surface area (Å²) in [6, 6.07) is 2.19. The Kier molecular flexibility index (Phi) is 3.78. The molecule has 0 aromatic heterocycles. The van der Waals surface area contributed by atoms with Gasteiger partial charge in [0.1, 0.15) is 16.1 Å². The van der Waals surface area contributed by atoms with Crippen LogP contribution in [0.5, 0.6) is 0 Å². The number of halogens is 4. The molecule has 6 heteroatoms. The molecule has 0 saturated heterocycles. The van der Waals surface area contributed by atoms with E-state index in [1.54, 1.807) is 20.8 Å². The molecule has 96 valence electrons. The van der Waals surface area contributed by atoms with Crippen molar-refractivity contribution in [1.82, 2.24) is 0 Å². The van der Waals surface area contributed by atoms with E-state index >= 15 is 0 Å². The summed E-state index contributed by atoms with van der Waals surface area (Å²) in [5.41, 5.74) is -1.18. The highest BCUT2D eigenvalue weighted by Crippen LogP contribution is 2.37. The largest absolute Gasteiger partial charge is 0.611 e. The Balaban J connectivity index is 3.34. The van der Waals surface area contributed by atoms with Crippen LogP contribution < -0.4 is 0 Å². The minimum atomic E-state index is -4.71. The number of hydrogen-bond donors (Lipinski definition) is 0. The summed E-state index contributed by atoms with van der Waals surface area (Å²) in [5, 5.41) is 0. The van der Waals surface area contributed by atoms with Gasteiger partial charge in [0.15, 0.2) is 4.90 Å². The Morgan fingerprint density at radius 1 is 1.12 bits per heavy atom. The first kappa shape index (κ1) is 14.3. The van der Waals surface area contributed by atoms with Crippen molar-refractivity contribution in [3.05, 3.63) is 29.6 Å². The van der Waals surface area contributed by atoms with E-state index in [1.807, 2.05) is 0 Å². The molecule has 1 rings (SSSR count). The van der Waals surface area contributed by atoms with Crippen molar-refractivity contribution in [2.45, 2.75) is 36.6 Å². The lowest BCUT2D eigenvalue weighted by atomic mass is 10.2. The zero-order valence-electron chi connectivity index (χ0n) is 9.56. The lowest BCUT2D eigenvalue weighted by Crippen LogP contribution is -2.30. The van der Waals surface area contributed by atoms with Crippen LogP contribution in [0.15, 0.2) is 23.1 Å². The molecule has 0 N–H and O–H groups in total. The van der Waals surface area contributed by atoms with Crippen LogP contribution >= 0.6 is 0 Å². The summed E-state index contributed by atoms with van der Waals surface area (Å²) < 4.78 is 62.0. The molecule has 0 fully saturated rings. The number of benzene rings is 1. The SMILES string of the molecule is CC(C)(C)[S+]([O-])c1ccc(F)cc1C(F)(F)F. The first-order valence-corrected chi connectivity index (χ1v) is 5.97. The minimum absolute atomic E-state index is 0.374. The van der Waals surface area contributed by atoms with Crippen molar-refractivity contribution in [3.63, 3.8) is 0 Å². The van der Waals surface area contributed by atoms with Gasteiger partial charge in [0.05, 0.1) is 0 Å². The van der Waals surface area contributed by atoms with Gasteiger partial charge in [-0.1, -0.05) is 0 Å². The van der Waals surface area contributed by atoms with Crippen LogP contribution in [0.1, 0.15) is 26.3 Å². The topological polar surface area (TPSA) is 23.1 Å². The Hall–Kier alpha value is -0.750. The highest BCUT2D eigenvalue weighted by Gasteiger charge is 2.41. The minimum Gasteiger partial charge on any atom is -0.611 e. The predicted octanol–water partition coefficient (Wildman–Crippen LogP) is 3.75. The standard InChI is InChI=1S/C11H12F4OS/c1-10(2,3)17(16)9-5-4-7(12)6-8(9)11(13,14)15/h4-6H,1-3H3. The van der Waals surface area contributed by atoms with E-state index in [-0.39, 0.29) is 4.90 Å². The lowest BCUT2D eigenvalue weighted by molar-refractivity contribution is -0.140. The monoisotopic (exact) mass is 268 g/mol. The summed E-state index contributed by atoms with van der Waals surface area (Å²) >= 11 is -1.85. The molecule has 0 saturated carbocycles. The van der Waals surface area contributed by atoms with Crippen molar-refractivity contribution in [2.24, 2.45) is 0 Å². The molecule has 0 aliphatic carbocycles. The van der Waals surface area contributed by atoms with Gasteiger partial charge in [0, 0.05) is 0 Å². The zero-order valence-corrected chi connectivity index (χ0v) is 10.4. The van der Waals surface area contributed by atoms with Gasteiger partial charge in [-0.05, 0) is 50.1 Å². The average molecular weight is 268 g/mol. The van der Waals surface area contributed by atoms with Crippen LogP contribution in [-0.2, 0) is 17.4 Å². The predicted molar refractivity (Wildman–Crippen MR) is 57.6 cm³/mol. The second kappa shape index (κ2) is 4.49. The molecular weight excluding hydrogens is 256 g/mol. The Morgan fingerprint density at radius 2 is 1.65 bits per heavy atom. The average Bonchev–Trinajstić information content (AvgIpc) is 2.14. The van der Waals surface area contributed by atoms with Crippen LogP contribution in [0.25, 0.3) is 0 Å². The molecule has 1 nitrogen and oxygen atoms in total. The molecule has 1 aromatic carbocycles. The molecule has 1 atom stereocenters. The Bertz CT molecular complexity index is 409. The highest BCUT2D eigenvalue weighted by atomic mass is 32.2. The smallest absolute Gasteiger partial charge is 0.421 e. The van der Waals surface area contributed by atoms with Gasteiger partial charge in [-0.25, -0.2) is 4.39 Å². The van der Waals surface area contributed by atoms with Gasteiger partial charge in [-0.15, -0.1) is 0 Å². The van der Waals surface area contributed by atoms with E-state index in [4.69, 9.17) is 0 Å².